The van der Waals surface area contributed by atoms with Crippen molar-refractivity contribution in [3.63, 3.8) is 0 Å². The number of hydrogen-bond acceptors (Lipinski definition) is 3. The Morgan fingerprint density at radius 1 is 1.30 bits per heavy atom. The zero-order valence-corrected chi connectivity index (χ0v) is 13.1. The summed E-state index contributed by atoms with van der Waals surface area (Å²) < 4.78 is 0. The number of aromatic nitrogens is 1. The van der Waals surface area contributed by atoms with E-state index in [-0.39, 0.29) is 0 Å². The smallest absolute Gasteiger partial charge is 0.0547 e. The first-order valence-electron chi connectivity index (χ1n) is 8.19. The van der Waals surface area contributed by atoms with Crippen LogP contribution >= 0.6 is 0 Å². The van der Waals surface area contributed by atoms with Crippen molar-refractivity contribution in [2.45, 2.75) is 52.6 Å². The molecule has 3 nitrogen and oxygen atoms in total. The van der Waals surface area contributed by atoms with E-state index in [1.165, 1.54) is 50.2 Å². The zero-order valence-electron chi connectivity index (χ0n) is 13.1. The van der Waals surface area contributed by atoms with Gasteiger partial charge in [0.1, 0.15) is 0 Å². The summed E-state index contributed by atoms with van der Waals surface area (Å²) in [6.45, 7) is 9.95. The Balaban J connectivity index is 1.87. The number of likely N-dealkylation sites (tertiary alicyclic amines) is 1. The summed E-state index contributed by atoms with van der Waals surface area (Å²) in [5.41, 5.74) is 2.39. The largest absolute Gasteiger partial charge is 0.311 e. The highest BCUT2D eigenvalue weighted by atomic mass is 15.1. The fourth-order valence-electron chi connectivity index (χ4n) is 2.97. The Morgan fingerprint density at radius 3 is 2.95 bits per heavy atom. The first kappa shape index (κ1) is 15.5. The molecule has 1 aliphatic heterocycles. The molecule has 1 aromatic heterocycles. The van der Waals surface area contributed by atoms with Gasteiger partial charge >= 0.3 is 0 Å². The van der Waals surface area contributed by atoms with E-state index >= 15 is 0 Å². The van der Waals surface area contributed by atoms with E-state index in [0.717, 1.165) is 25.6 Å². The van der Waals surface area contributed by atoms with Gasteiger partial charge in [0.15, 0.2) is 0 Å². The first-order chi connectivity index (χ1) is 9.81. The Morgan fingerprint density at radius 2 is 2.15 bits per heavy atom. The van der Waals surface area contributed by atoms with Gasteiger partial charge in [0.2, 0.25) is 0 Å². The van der Waals surface area contributed by atoms with E-state index < -0.39 is 0 Å². The van der Waals surface area contributed by atoms with Crippen LogP contribution in [0.4, 0.5) is 0 Å². The van der Waals surface area contributed by atoms with Gasteiger partial charge in [-0.2, -0.15) is 0 Å². The number of nitrogens with zero attached hydrogens (tertiary/aromatic N) is 2. The van der Waals surface area contributed by atoms with E-state index in [2.05, 4.69) is 42.3 Å². The van der Waals surface area contributed by atoms with Gasteiger partial charge in [-0.05, 0) is 50.4 Å². The maximum Gasteiger partial charge on any atom is 0.0547 e. The lowest BCUT2D eigenvalue weighted by Crippen LogP contribution is -2.34. The minimum absolute atomic E-state index is 0.887. The molecule has 0 bridgehead atoms. The van der Waals surface area contributed by atoms with Crippen LogP contribution in [0.2, 0.25) is 0 Å². The molecule has 0 amide bonds. The summed E-state index contributed by atoms with van der Waals surface area (Å²) in [5, 5.41) is 3.42. The zero-order chi connectivity index (χ0) is 14.2. The van der Waals surface area contributed by atoms with E-state index in [0.29, 0.717) is 0 Å². The minimum atomic E-state index is 0.887. The molecule has 1 N–H and O–H groups in total. The van der Waals surface area contributed by atoms with Gasteiger partial charge in [0.25, 0.3) is 0 Å². The highest BCUT2D eigenvalue weighted by molar-refractivity contribution is 5.11. The van der Waals surface area contributed by atoms with E-state index in [9.17, 15) is 0 Å². The van der Waals surface area contributed by atoms with Gasteiger partial charge < -0.3 is 5.32 Å². The SMILES string of the molecule is CCCNCc1cccc(CN2CCCC(CC)C2)n1. The van der Waals surface area contributed by atoms with Gasteiger partial charge in [-0.3, -0.25) is 9.88 Å². The van der Waals surface area contributed by atoms with Crippen LogP contribution in [0.1, 0.15) is 50.9 Å². The molecule has 112 valence electrons. The summed E-state index contributed by atoms with van der Waals surface area (Å²) in [7, 11) is 0. The molecule has 1 atom stereocenters. The van der Waals surface area contributed by atoms with Crippen LogP contribution in [0.3, 0.4) is 0 Å². The van der Waals surface area contributed by atoms with Crippen molar-refractivity contribution in [1.29, 1.82) is 0 Å². The molecule has 2 rings (SSSR count). The van der Waals surface area contributed by atoms with E-state index in [1.54, 1.807) is 0 Å². The first-order valence-corrected chi connectivity index (χ1v) is 8.19. The number of piperidine rings is 1. The Hall–Kier alpha value is -0.930. The van der Waals surface area contributed by atoms with Gasteiger partial charge in [-0.25, -0.2) is 0 Å². The molecule has 20 heavy (non-hydrogen) atoms. The predicted octanol–water partition coefficient (Wildman–Crippen LogP) is 3.20. The molecule has 1 unspecified atom stereocenters. The maximum absolute atomic E-state index is 4.79. The standard InChI is InChI=1S/C17H29N3/c1-3-10-18-12-16-8-5-9-17(19-16)14-20-11-6-7-15(4-2)13-20/h5,8-9,15,18H,3-4,6-7,10-14H2,1-2H3. The van der Waals surface area contributed by atoms with Crippen LogP contribution in [0, 0.1) is 5.92 Å². The lowest BCUT2D eigenvalue weighted by atomic mass is 9.95. The maximum atomic E-state index is 4.79. The molecule has 1 aromatic rings. The van der Waals surface area contributed by atoms with Crippen molar-refractivity contribution in [2.75, 3.05) is 19.6 Å². The van der Waals surface area contributed by atoms with Crippen molar-refractivity contribution in [3.8, 4) is 0 Å². The molecule has 1 saturated heterocycles. The van der Waals surface area contributed by atoms with Crippen LogP contribution < -0.4 is 5.32 Å². The predicted molar refractivity (Wildman–Crippen MR) is 84.5 cm³/mol. The molecule has 1 aliphatic rings. The van der Waals surface area contributed by atoms with Crippen LogP contribution in [0.25, 0.3) is 0 Å². The van der Waals surface area contributed by atoms with Gasteiger partial charge in [-0.15, -0.1) is 0 Å². The van der Waals surface area contributed by atoms with Crippen molar-refractivity contribution in [1.82, 2.24) is 15.2 Å². The second-order valence-corrected chi connectivity index (χ2v) is 5.95. The fraction of sp³-hybridized carbons (Fsp3) is 0.706. The minimum Gasteiger partial charge on any atom is -0.311 e. The van der Waals surface area contributed by atoms with Crippen LogP contribution in [-0.4, -0.2) is 29.5 Å². The third-order valence-corrected chi connectivity index (χ3v) is 4.16. The molecule has 0 radical (unpaired) electrons. The molecular weight excluding hydrogens is 246 g/mol. The number of rotatable bonds is 7. The lowest BCUT2D eigenvalue weighted by molar-refractivity contribution is 0.163. The van der Waals surface area contributed by atoms with Gasteiger partial charge in [-0.1, -0.05) is 26.3 Å². The highest BCUT2D eigenvalue weighted by Crippen LogP contribution is 2.20. The molecule has 0 aromatic carbocycles. The number of hydrogen-bond donors (Lipinski definition) is 1. The number of pyridine rings is 1. The summed E-state index contributed by atoms with van der Waals surface area (Å²) >= 11 is 0. The topological polar surface area (TPSA) is 28.2 Å². The van der Waals surface area contributed by atoms with Crippen LogP contribution in [0.15, 0.2) is 18.2 Å². The quantitative estimate of drug-likeness (QED) is 0.775. The summed E-state index contributed by atoms with van der Waals surface area (Å²) in [6.07, 6.45) is 5.23. The normalized spacial score (nSPS) is 20.2. The summed E-state index contributed by atoms with van der Waals surface area (Å²) in [4.78, 5) is 7.36. The third kappa shape index (κ3) is 4.88. The monoisotopic (exact) mass is 275 g/mol. The average Bonchev–Trinajstić information content (AvgIpc) is 2.48. The average molecular weight is 275 g/mol. The van der Waals surface area contributed by atoms with E-state index in [1.807, 2.05) is 0 Å². The lowest BCUT2D eigenvalue weighted by Gasteiger charge is -2.32. The molecule has 0 saturated carbocycles. The molecule has 3 heteroatoms. The second kappa shape index (κ2) is 8.38. The Kier molecular flexibility index (Phi) is 6.48. The Bertz CT molecular complexity index is 392. The van der Waals surface area contributed by atoms with Crippen molar-refractivity contribution >= 4 is 0 Å². The fourth-order valence-corrected chi connectivity index (χ4v) is 2.97. The Labute approximate surface area is 123 Å². The summed E-state index contributed by atoms with van der Waals surface area (Å²) in [6, 6.07) is 6.43. The van der Waals surface area contributed by atoms with Crippen LogP contribution in [0.5, 0.6) is 0 Å². The highest BCUT2D eigenvalue weighted by Gasteiger charge is 2.18. The molecule has 1 fully saturated rings. The molecular formula is C17H29N3. The van der Waals surface area contributed by atoms with Crippen LogP contribution in [-0.2, 0) is 13.1 Å². The number of nitrogens with one attached hydrogen (secondary N) is 1. The second-order valence-electron chi connectivity index (χ2n) is 5.95. The van der Waals surface area contributed by atoms with Crippen molar-refractivity contribution < 1.29 is 0 Å². The third-order valence-electron chi connectivity index (χ3n) is 4.16. The van der Waals surface area contributed by atoms with E-state index in [4.69, 9.17) is 4.98 Å². The van der Waals surface area contributed by atoms with Crippen molar-refractivity contribution in [2.24, 2.45) is 5.92 Å². The molecule has 2 heterocycles. The molecule has 0 spiro atoms. The van der Waals surface area contributed by atoms with Gasteiger partial charge in [0.05, 0.1) is 11.4 Å². The van der Waals surface area contributed by atoms with Gasteiger partial charge in [0, 0.05) is 19.6 Å². The van der Waals surface area contributed by atoms with Crippen molar-refractivity contribution in [3.05, 3.63) is 29.6 Å². The molecule has 0 aliphatic carbocycles. The summed E-state index contributed by atoms with van der Waals surface area (Å²) in [5.74, 6) is 0.887.